The van der Waals surface area contributed by atoms with E-state index in [2.05, 4.69) is 0 Å². The Morgan fingerprint density at radius 2 is 1.65 bits per heavy atom. The van der Waals surface area contributed by atoms with Crippen molar-refractivity contribution in [1.82, 2.24) is 0 Å². The lowest BCUT2D eigenvalue weighted by Gasteiger charge is -2.03. The fourth-order valence-electron chi connectivity index (χ4n) is 2.97. The van der Waals surface area contributed by atoms with E-state index in [0.29, 0.717) is 10.6 Å². The van der Waals surface area contributed by atoms with Crippen LogP contribution in [0.25, 0.3) is 0 Å². The van der Waals surface area contributed by atoms with Gasteiger partial charge in [0.05, 0.1) is 17.0 Å². The highest BCUT2D eigenvalue weighted by atomic mass is 35.5. The second kappa shape index (κ2) is 5.38. The highest BCUT2D eigenvalue weighted by molar-refractivity contribution is 7.92. The first kappa shape index (κ1) is 15.6. The molecule has 0 spiro atoms. The monoisotopic (exact) mass is 342 g/mol. The van der Waals surface area contributed by atoms with Crippen molar-refractivity contribution in [2.24, 2.45) is 5.41 Å². The maximum atomic E-state index is 12.9. The third-order valence-corrected chi connectivity index (χ3v) is 6.59. The number of nitriles is 2. The van der Waals surface area contributed by atoms with E-state index in [4.69, 9.17) is 11.6 Å². The molecule has 0 amide bonds. The van der Waals surface area contributed by atoms with Gasteiger partial charge in [-0.2, -0.15) is 10.5 Å². The Kier molecular flexibility index (Phi) is 3.64. The second-order valence-corrected chi connectivity index (χ2v) is 7.91. The van der Waals surface area contributed by atoms with E-state index < -0.39 is 26.4 Å². The molecule has 0 aromatic heterocycles. The smallest absolute Gasteiger partial charge is 0.184 e. The molecule has 1 aliphatic carbocycles. The van der Waals surface area contributed by atoms with Gasteiger partial charge in [0, 0.05) is 10.9 Å². The summed E-state index contributed by atoms with van der Waals surface area (Å²) in [5.74, 6) is -0.707. The van der Waals surface area contributed by atoms with E-state index in [9.17, 15) is 18.9 Å². The van der Waals surface area contributed by atoms with Gasteiger partial charge in [0.2, 0.25) is 0 Å². The van der Waals surface area contributed by atoms with Crippen LogP contribution >= 0.6 is 11.6 Å². The molecular weight excluding hydrogens is 332 g/mol. The first-order chi connectivity index (χ1) is 11.0. The molecule has 0 unspecified atom stereocenters. The van der Waals surface area contributed by atoms with Crippen molar-refractivity contribution in [3.05, 3.63) is 65.2 Å². The molecule has 1 fully saturated rings. The van der Waals surface area contributed by atoms with Crippen molar-refractivity contribution in [1.29, 1.82) is 10.5 Å². The molecule has 3 rings (SSSR count). The quantitative estimate of drug-likeness (QED) is 0.856. The Morgan fingerprint density at radius 3 is 2.22 bits per heavy atom. The van der Waals surface area contributed by atoms with Crippen LogP contribution in [0.2, 0.25) is 5.02 Å². The Balaban J connectivity index is 2.12. The molecule has 1 saturated carbocycles. The van der Waals surface area contributed by atoms with Gasteiger partial charge in [-0.1, -0.05) is 41.9 Å². The molecule has 0 radical (unpaired) electrons. The van der Waals surface area contributed by atoms with E-state index >= 15 is 0 Å². The van der Waals surface area contributed by atoms with Crippen molar-refractivity contribution in [2.75, 3.05) is 0 Å². The third kappa shape index (κ3) is 2.30. The fourth-order valence-corrected chi connectivity index (χ4v) is 5.39. The van der Waals surface area contributed by atoms with Gasteiger partial charge in [0.15, 0.2) is 15.3 Å². The lowest BCUT2D eigenvalue weighted by atomic mass is 10.0. The summed E-state index contributed by atoms with van der Waals surface area (Å²) in [5.41, 5.74) is -0.996. The van der Waals surface area contributed by atoms with E-state index in [-0.39, 0.29) is 4.90 Å². The van der Waals surface area contributed by atoms with Gasteiger partial charge in [-0.3, -0.25) is 0 Å². The zero-order chi connectivity index (χ0) is 16.7. The molecule has 6 heteroatoms. The summed E-state index contributed by atoms with van der Waals surface area (Å²) in [6, 6.07) is 18.4. The first-order valence-corrected chi connectivity index (χ1v) is 8.77. The van der Waals surface area contributed by atoms with Gasteiger partial charge >= 0.3 is 0 Å². The summed E-state index contributed by atoms with van der Waals surface area (Å²) >= 11 is 5.96. The van der Waals surface area contributed by atoms with Crippen molar-refractivity contribution in [2.45, 2.75) is 16.1 Å². The number of halogens is 1. The summed E-state index contributed by atoms with van der Waals surface area (Å²) in [6.07, 6.45) is 0. The maximum absolute atomic E-state index is 12.9. The first-order valence-electron chi connectivity index (χ1n) is 6.84. The van der Waals surface area contributed by atoms with Crippen LogP contribution in [0, 0.1) is 28.1 Å². The van der Waals surface area contributed by atoms with Crippen LogP contribution in [0.5, 0.6) is 0 Å². The van der Waals surface area contributed by atoms with Gasteiger partial charge in [-0.15, -0.1) is 0 Å². The Morgan fingerprint density at radius 1 is 1.00 bits per heavy atom. The predicted octanol–water partition coefficient (Wildman–Crippen LogP) is 3.31. The minimum Gasteiger partial charge on any atom is -0.223 e. The molecule has 2 aromatic carbocycles. The van der Waals surface area contributed by atoms with E-state index in [1.807, 2.05) is 12.1 Å². The van der Waals surface area contributed by atoms with Crippen molar-refractivity contribution in [3.63, 3.8) is 0 Å². The minimum atomic E-state index is -3.80. The predicted molar refractivity (Wildman–Crippen MR) is 85.3 cm³/mol. The van der Waals surface area contributed by atoms with E-state index in [1.54, 1.807) is 42.5 Å². The van der Waals surface area contributed by atoms with Crippen LogP contribution in [0.1, 0.15) is 11.5 Å². The minimum absolute atomic E-state index is 0.115. The summed E-state index contributed by atoms with van der Waals surface area (Å²) in [5, 5.41) is 18.3. The highest BCUT2D eigenvalue weighted by Crippen LogP contribution is 2.63. The fraction of sp³-hybridized carbons (Fsp3) is 0.176. The molecule has 23 heavy (non-hydrogen) atoms. The standard InChI is InChI=1S/C17H11ClN2O2S/c18-13-6-4-5-12(9-13)15-16(17(15,10-19)11-20)23(21,22)14-7-2-1-3-8-14/h1-9,15-16H/t15-,16-/m0/s1. The van der Waals surface area contributed by atoms with Crippen molar-refractivity contribution in [3.8, 4) is 12.1 Å². The lowest BCUT2D eigenvalue weighted by molar-refractivity contribution is 0.591. The Hall–Kier alpha value is -2.34. The van der Waals surface area contributed by atoms with Gasteiger partial charge in [0.25, 0.3) is 0 Å². The largest absolute Gasteiger partial charge is 0.223 e. The molecule has 0 saturated heterocycles. The molecule has 0 N–H and O–H groups in total. The topological polar surface area (TPSA) is 81.7 Å². The van der Waals surface area contributed by atoms with Gasteiger partial charge in [-0.25, -0.2) is 8.42 Å². The van der Waals surface area contributed by atoms with Crippen molar-refractivity contribution >= 4 is 21.4 Å². The van der Waals surface area contributed by atoms with Crippen LogP contribution in [0.4, 0.5) is 0 Å². The van der Waals surface area contributed by atoms with Crippen LogP contribution < -0.4 is 0 Å². The second-order valence-electron chi connectivity index (χ2n) is 5.40. The van der Waals surface area contributed by atoms with Crippen LogP contribution in [0.3, 0.4) is 0 Å². The number of rotatable bonds is 3. The molecule has 0 heterocycles. The highest BCUT2D eigenvalue weighted by Gasteiger charge is 2.73. The van der Waals surface area contributed by atoms with Crippen molar-refractivity contribution < 1.29 is 8.42 Å². The van der Waals surface area contributed by atoms with E-state index in [1.165, 1.54) is 12.1 Å². The molecule has 114 valence electrons. The summed E-state index contributed by atoms with van der Waals surface area (Å²) < 4.78 is 25.7. The van der Waals surface area contributed by atoms with Gasteiger partial charge in [0.1, 0.15) is 5.25 Å². The van der Waals surface area contributed by atoms with Crippen LogP contribution in [-0.4, -0.2) is 13.7 Å². The molecule has 2 aromatic rings. The summed E-state index contributed by atoms with van der Waals surface area (Å²) in [6.45, 7) is 0. The summed E-state index contributed by atoms with van der Waals surface area (Å²) in [4.78, 5) is 0.115. The van der Waals surface area contributed by atoms with Crippen LogP contribution in [-0.2, 0) is 9.84 Å². The molecule has 1 aliphatic rings. The molecule has 0 bridgehead atoms. The molecular formula is C17H11ClN2O2S. The number of sulfone groups is 1. The Bertz CT molecular complexity index is 929. The lowest BCUT2D eigenvalue weighted by Crippen LogP contribution is -2.14. The van der Waals surface area contributed by atoms with Gasteiger partial charge in [-0.05, 0) is 29.8 Å². The number of hydrogen-bond donors (Lipinski definition) is 0. The summed E-state index contributed by atoms with van der Waals surface area (Å²) in [7, 11) is -3.80. The van der Waals surface area contributed by atoms with Crippen LogP contribution in [0.15, 0.2) is 59.5 Å². The molecule has 2 atom stereocenters. The zero-order valence-corrected chi connectivity index (χ0v) is 13.4. The maximum Gasteiger partial charge on any atom is 0.184 e. The number of benzene rings is 2. The molecule has 4 nitrogen and oxygen atoms in total. The Labute approximate surface area is 139 Å². The number of nitrogens with zero attached hydrogens (tertiary/aromatic N) is 2. The van der Waals surface area contributed by atoms with Gasteiger partial charge < -0.3 is 0 Å². The van der Waals surface area contributed by atoms with E-state index in [0.717, 1.165) is 0 Å². The SMILES string of the molecule is N#CC1(C#N)[C@@H](c2cccc(Cl)c2)[C@@H]1S(=O)(=O)c1ccccc1. The number of hydrogen-bond acceptors (Lipinski definition) is 4. The third-order valence-electron chi connectivity index (χ3n) is 4.12. The zero-order valence-electron chi connectivity index (χ0n) is 11.8. The average molecular weight is 343 g/mol. The average Bonchev–Trinajstić information content (AvgIpc) is 3.26. The normalized spacial score (nSPS) is 21.9. The molecule has 0 aliphatic heterocycles.